The minimum Gasteiger partial charge on any atom is -0.480 e. The molecule has 0 spiro atoms. The lowest BCUT2D eigenvalue weighted by Gasteiger charge is -2.26. The Hall–Kier alpha value is -1.46. The predicted molar refractivity (Wildman–Crippen MR) is 72.8 cm³/mol. The van der Waals surface area contributed by atoms with Crippen LogP contribution in [0.3, 0.4) is 0 Å². The van der Waals surface area contributed by atoms with Gasteiger partial charge in [0.2, 0.25) is 0 Å². The standard InChI is InChI=1S/C15H19FN2O2/c1-17-6-11-7-18(9-14(19)20)8-13(11)15(17)10-3-2-4-12(16)5-10/h2-5,11,13,15H,6-9H2,1H3,(H,19,20)/t11-,13+,15-/m0/s1. The van der Waals surface area contributed by atoms with Crippen LogP contribution in [-0.4, -0.2) is 54.1 Å². The van der Waals surface area contributed by atoms with E-state index in [9.17, 15) is 9.18 Å². The van der Waals surface area contributed by atoms with Crippen LogP contribution >= 0.6 is 0 Å². The summed E-state index contributed by atoms with van der Waals surface area (Å²) in [5, 5.41) is 8.91. The van der Waals surface area contributed by atoms with Crippen LogP contribution in [0.5, 0.6) is 0 Å². The van der Waals surface area contributed by atoms with Gasteiger partial charge < -0.3 is 5.11 Å². The van der Waals surface area contributed by atoms with Gasteiger partial charge in [0.1, 0.15) is 5.82 Å². The number of carbonyl (C=O) groups is 1. The van der Waals surface area contributed by atoms with Gasteiger partial charge in [0.05, 0.1) is 6.54 Å². The van der Waals surface area contributed by atoms with Crippen molar-refractivity contribution in [3.05, 3.63) is 35.6 Å². The maximum absolute atomic E-state index is 13.4. The highest BCUT2D eigenvalue weighted by molar-refractivity contribution is 5.69. The molecule has 3 rings (SSSR count). The zero-order valence-corrected chi connectivity index (χ0v) is 11.5. The number of hydrogen-bond donors (Lipinski definition) is 1. The summed E-state index contributed by atoms with van der Waals surface area (Å²) in [4.78, 5) is 15.1. The largest absolute Gasteiger partial charge is 0.480 e. The second kappa shape index (κ2) is 5.14. The molecule has 20 heavy (non-hydrogen) atoms. The van der Waals surface area contributed by atoms with Gasteiger partial charge in [-0.05, 0) is 36.6 Å². The molecule has 1 aromatic rings. The van der Waals surface area contributed by atoms with Gasteiger partial charge in [-0.15, -0.1) is 0 Å². The lowest BCUT2D eigenvalue weighted by atomic mass is 9.89. The van der Waals surface area contributed by atoms with Crippen molar-refractivity contribution in [3.63, 3.8) is 0 Å². The van der Waals surface area contributed by atoms with Crippen LogP contribution in [-0.2, 0) is 4.79 Å². The molecule has 2 fully saturated rings. The van der Waals surface area contributed by atoms with E-state index in [2.05, 4.69) is 11.9 Å². The van der Waals surface area contributed by atoms with Gasteiger partial charge in [-0.25, -0.2) is 4.39 Å². The zero-order valence-electron chi connectivity index (χ0n) is 11.5. The van der Waals surface area contributed by atoms with Gasteiger partial charge in [-0.1, -0.05) is 12.1 Å². The van der Waals surface area contributed by atoms with E-state index < -0.39 is 5.97 Å². The van der Waals surface area contributed by atoms with Gasteiger partial charge in [-0.3, -0.25) is 14.6 Å². The Morgan fingerprint density at radius 2 is 2.20 bits per heavy atom. The quantitative estimate of drug-likeness (QED) is 0.909. The second-order valence-corrected chi connectivity index (χ2v) is 5.95. The predicted octanol–water partition coefficient (Wildman–Crippen LogP) is 1.44. The molecule has 3 atom stereocenters. The molecular formula is C15H19FN2O2. The van der Waals surface area contributed by atoms with Crippen molar-refractivity contribution in [2.24, 2.45) is 11.8 Å². The van der Waals surface area contributed by atoms with Crippen molar-refractivity contribution in [2.45, 2.75) is 6.04 Å². The number of likely N-dealkylation sites (tertiary alicyclic amines) is 2. The maximum atomic E-state index is 13.4. The average molecular weight is 278 g/mol. The number of fused-ring (bicyclic) bond motifs is 1. The average Bonchev–Trinajstić information content (AvgIpc) is 2.83. The molecule has 0 aliphatic carbocycles. The normalized spacial score (nSPS) is 30.6. The first kappa shape index (κ1) is 13.5. The van der Waals surface area contributed by atoms with Crippen molar-refractivity contribution in [2.75, 3.05) is 33.2 Å². The van der Waals surface area contributed by atoms with Crippen LogP contribution in [0.2, 0.25) is 0 Å². The van der Waals surface area contributed by atoms with Crippen LogP contribution in [0.15, 0.2) is 24.3 Å². The molecule has 5 heteroatoms. The molecule has 2 saturated heterocycles. The number of carboxylic acid groups (broad SMARTS) is 1. The summed E-state index contributed by atoms with van der Waals surface area (Å²) in [7, 11) is 2.06. The lowest BCUT2D eigenvalue weighted by molar-refractivity contribution is -0.138. The van der Waals surface area contributed by atoms with E-state index >= 15 is 0 Å². The van der Waals surface area contributed by atoms with Crippen molar-refractivity contribution in [1.82, 2.24) is 9.80 Å². The summed E-state index contributed by atoms with van der Waals surface area (Å²) in [6, 6.07) is 6.96. The second-order valence-electron chi connectivity index (χ2n) is 5.95. The summed E-state index contributed by atoms with van der Waals surface area (Å²) in [6.07, 6.45) is 0. The Balaban J connectivity index is 1.80. The molecular weight excluding hydrogens is 259 g/mol. The molecule has 2 heterocycles. The first-order valence-corrected chi connectivity index (χ1v) is 6.94. The molecule has 0 aromatic heterocycles. The topological polar surface area (TPSA) is 43.8 Å². The van der Waals surface area contributed by atoms with E-state index in [0.717, 1.165) is 25.2 Å². The SMILES string of the molecule is CN1C[C@H]2CN(CC(=O)O)C[C@H]2[C@@H]1c1cccc(F)c1. The highest BCUT2D eigenvalue weighted by Gasteiger charge is 2.46. The fraction of sp³-hybridized carbons (Fsp3) is 0.533. The summed E-state index contributed by atoms with van der Waals surface area (Å²) in [6.45, 7) is 2.66. The van der Waals surface area contributed by atoms with Gasteiger partial charge in [-0.2, -0.15) is 0 Å². The molecule has 0 radical (unpaired) electrons. The third-order valence-electron chi connectivity index (χ3n) is 4.52. The maximum Gasteiger partial charge on any atom is 0.317 e. The highest BCUT2D eigenvalue weighted by Crippen LogP contribution is 2.43. The molecule has 0 saturated carbocycles. The smallest absolute Gasteiger partial charge is 0.317 e. The monoisotopic (exact) mass is 278 g/mol. The Kier molecular flexibility index (Phi) is 3.48. The van der Waals surface area contributed by atoms with Gasteiger partial charge >= 0.3 is 5.97 Å². The van der Waals surface area contributed by atoms with Crippen molar-refractivity contribution in [1.29, 1.82) is 0 Å². The molecule has 0 unspecified atom stereocenters. The summed E-state index contributed by atoms with van der Waals surface area (Å²) in [5.74, 6) is -0.117. The Labute approximate surface area is 117 Å². The molecule has 4 nitrogen and oxygen atoms in total. The molecule has 0 amide bonds. The molecule has 1 aromatic carbocycles. The Morgan fingerprint density at radius 3 is 2.90 bits per heavy atom. The summed E-state index contributed by atoms with van der Waals surface area (Å²) < 4.78 is 13.4. The van der Waals surface area contributed by atoms with Crippen molar-refractivity contribution >= 4 is 5.97 Å². The number of rotatable bonds is 3. The van der Waals surface area contributed by atoms with Crippen molar-refractivity contribution < 1.29 is 14.3 Å². The zero-order chi connectivity index (χ0) is 14.3. The fourth-order valence-corrected chi connectivity index (χ4v) is 3.86. The molecule has 0 bridgehead atoms. The third kappa shape index (κ3) is 2.43. The minimum atomic E-state index is -0.777. The van der Waals surface area contributed by atoms with Crippen LogP contribution in [0.1, 0.15) is 11.6 Å². The fourth-order valence-electron chi connectivity index (χ4n) is 3.86. The number of halogens is 1. The first-order chi connectivity index (χ1) is 9.54. The molecule has 1 N–H and O–H groups in total. The Bertz CT molecular complexity index is 522. The van der Waals surface area contributed by atoms with Crippen LogP contribution in [0.4, 0.5) is 4.39 Å². The number of nitrogens with zero attached hydrogens (tertiary/aromatic N) is 2. The highest BCUT2D eigenvalue weighted by atomic mass is 19.1. The number of carboxylic acids is 1. The minimum absolute atomic E-state index is 0.104. The third-order valence-corrected chi connectivity index (χ3v) is 4.52. The number of aliphatic carboxylic acids is 1. The van der Waals surface area contributed by atoms with Crippen LogP contribution in [0, 0.1) is 17.7 Å². The van der Waals surface area contributed by atoms with E-state index in [1.165, 1.54) is 6.07 Å². The van der Waals surface area contributed by atoms with Crippen molar-refractivity contribution in [3.8, 4) is 0 Å². The van der Waals surface area contributed by atoms with Crippen LogP contribution in [0.25, 0.3) is 0 Å². The molecule has 2 aliphatic rings. The van der Waals surface area contributed by atoms with Crippen LogP contribution < -0.4 is 0 Å². The lowest BCUT2D eigenvalue weighted by Crippen LogP contribution is -2.32. The summed E-state index contributed by atoms with van der Waals surface area (Å²) >= 11 is 0. The number of hydrogen-bond acceptors (Lipinski definition) is 3. The van der Waals surface area contributed by atoms with Gasteiger partial charge in [0, 0.05) is 25.7 Å². The first-order valence-electron chi connectivity index (χ1n) is 6.94. The van der Waals surface area contributed by atoms with Gasteiger partial charge in [0.25, 0.3) is 0 Å². The number of benzene rings is 1. The molecule has 108 valence electrons. The van der Waals surface area contributed by atoms with E-state index in [0.29, 0.717) is 11.8 Å². The summed E-state index contributed by atoms with van der Waals surface area (Å²) in [5.41, 5.74) is 0.997. The Morgan fingerprint density at radius 1 is 1.40 bits per heavy atom. The van der Waals surface area contributed by atoms with E-state index in [1.54, 1.807) is 12.1 Å². The van der Waals surface area contributed by atoms with E-state index in [4.69, 9.17) is 5.11 Å². The van der Waals surface area contributed by atoms with E-state index in [1.807, 2.05) is 11.0 Å². The van der Waals surface area contributed by atoms with E-state index in [-0.39, 0.29) is 18.4 Å². The molecule has 2 aliphatic heterocycles. The van der Waals surface area contributed by atoms with Gasteiger partial charge in [0.15, 0.2) is 0 Å².